The van der Waals surface area contributed by atoms with Crippen LogP contribution in [0.3, 0.4) is 0 Å². The predicted octanol–water partition coefficient (Wildman–Crippen LogP) is 3.25. The molecule has 26 heavy (non-hydrogen) atoms. The summed E-state index contributed by atoms with van der Waals surface area (Å²) in [7, 11) is 0. The molecule has 1 N–H and O–H groups in total. The van der Waals surface area contributed by atoms with Crippen molar-refractivity contribution in [3.8, 4) is 0 Å². The molecular formula is C19H25N5OS. The molecule has 1 aromatic heterocycles. The molecule has 7 heteroatoms. The van der Waals surface area contributed by atoms with Crippen molar-refractivity contribution in [2.75, 3.05) is 36.4 Å². The van der Waals surface area contributed by atoms with Crippen molar-refractivity contribution >= 4 is 27.5 Å². The highest BCUT2D eigenvalue weighted by atomic mass is 32.1. The fraction of sp³-hybridized carbons (Fsp3) is 0.526. The van der Waals surface area contributed by atoms with Gasteiger partial charge in [0.1, 0.15) is 0 Å². The molecule has 1 aromatic carbocycles. The average Bonchev–Trinajstić information content (AvgIpc) is 3.18. The van der Waals surface area contributed by atoms with E-state index in [0.717, 1.165) is 24.3 Å². The second-order valence-corrected chi connectivity index (χ2v) is 7.98. The Morgan fingerprint density at radius 2 is 1.73 bits per heavy atom. The first kappa shape index (κ1) is 17.4. The van der Waals surface area contributed by atoms with Gasteiger partial charge in [-0.2, -0.15) is 0 Å². The van der Waals surface area contributed by atoms with Gasteiger partial charge in [0, 0.05) is 24.7 Å². The SMILES string of the molecule is O=C(Nc1nnc(N2CCC(N3CCCCC3)CC2)s1)c1ccccc1. The first-order valence-corrected chi connectivity index (χ1v) is 10.3. The summed E-state index contributed by atoms with van der Waals surface area (Å²) in [5.41, 5.74) is 0.631. The summed E-state index contributed by atoms with van der Waals surface area (Å²) in [6, 6.07) is 9.91. The predicted molar refractivity (Wildman–Crippen MR) is 105 cm³/mol. The van der Waals surface area contributed by atoms with Crippen LogP contribution < -0.4 is 10.2 Å². The van der Waals surface area contributed by atoms with E-state index >= 15 is 0 Å². The molecule has 0 bridgehead atoms. The molecule has 0 saturated carbocycles. The van der Waals surface area contributed by atoms with Gasteiger partial charge < -0.3 is 9.80 Å². The molecule has 0 aliphatic carbocycles. The maximum Gasteiger partial charge on any atom is 0.257 e. The molecular weight excluding hydrogens is 346 g/mol. The quantitative estimate of drug-likeness (QED) is 0.894. The summed E-state index contributed by atoms with van der Waals surface area (Å²) in [5, 5.41) is 12.8. The highest BCUT2D eigenvalue weighted by Crippen LogP contribution is 2.29. The number of nitrogens with zero attached hydrogens (tertiary/aromatic N) is 4. The topological polar surface area (TPSA) is 61.4 Å². The lowest BCUT2D eigenvalue weighted by Gasteiger charge is -2.40. The van der Waals surface area contributed by atoms with Crippen LogP contribution in [0.1, 0.15) is 42.5 Å². The van der Waals surface area contributed by atoms with Gasteiger partial charge >= 0.3 is 0 Å². The van der Waals surface area contributed by atoms with Crippen LogP contribution in [-0.2, 0) is 0 Å². The first-order valence-electron chi connectivity index (χ1n) is 9.48. The number of rotatable bonds is 4. The molecule has 2 saturated heterocycles. The average molecular weight is 372 g/mol. The van der Waals surface area contributed by atoms with Gasteiger partial charge in [0.25, 0.3) is 5.91 Å². The number of hydrogen-bond acceptors (Lipinski definition) is 6. The Morgan fingerprint density at radius 1 is 1.00 bits per heavy atom. The number of anilines is 2. The van der Waals surface area contributed by atoms with Crippen LogP contribution in [0, 0.1) is 0 Å². The van der Waals surface area contributed by atoms with Gasteiger partial charge in [0.2, 0.25) is 10.3 Å². The Bertz CT molecular complexity index is 721. The van der Waals surface area contributed by atoms with Crippen LogP contribution in [0.15, 0.2) is 30.3 Å². The van der Waals surface area contributed by atoms with Gasteiger partial charge in [-0.15, -0.1) is 10.2 Å². The van der Waals surface area contributed by atoms with E-state index in [9.17, 15) is 4.79 Å². The monoisotopic (exact) mass is 371 g/mol. The third-order valence-electron chi connectivity index (χ3n) is 5.31. The Labute approximate surface area is 158 Å². The van der Waals surface area contributed by atoms with E-state index in [4.69, 9.17) is 0 Å². The van der Waals surface area contributed by atoms with Crippen LogP contribution in [0.4, 0.5) is 10.3 Å². The Hall–Kier alpha value is -1.99. The van der Waals surface area contributed by atoms with E-state index in [0.29, 0.717) is 10.7 Å². The zero-order valence-corrected chi connectivity index (χ0v) is 15.7. The molecule has 0 atom stereocenters. The van der Waals surface area contributed by atoms with Crippen molar-refractivity contribution in [2.45, 2.75) is 38.1 Å². The van der Waals surface area contributed by atoms with E-state index < -0.39 is 0 Å². The summed E-state index contributed by atoms with van der Waals surface area (Å²) in [6.45, 7) is 4.56. The Balaban J connectivity index is 1.31. The second kappa shape index (κ2) is 8.14. The summed E-state index contributed by atoms with van der Waals surface area (Å²) >= 11 is 1.46. The summed E-state index contributed by atoms with van der Waals surface area (Å²) < 4.78 is 0. The third-order valence-corrected chi connectivity index (χ3v) is 6.21. The van der Waals surface area contributed by atoms with Crippen molar-refractivity contribution in [1.29, 1.82) is 0 Å². The standard InChI is InChI=1S/C19H25N5OS/c25-17(15-7-3-1-4-8-15)20-18-21-22-19(26-18)24-13-9-16(10-14-24)23-11-5-2-6-12-23/h1,3-4,7-8,16H,2,5-6,9-14H2,(H,20,21,25). The summed E-state index contributed by atoms with van der Waals surface area (Å²) in [4.78, 5) is 17.2. The van der Waals surface area contributed by atoms with Gasteiger partial charge in [-0.05, 0) is 50.9 Å². The van der Waals surface area contributed by atoms with Crippen LogP contribution >= 0.6 is 11.3 Å². The van der Waals surface area contributed by atoms with Crippen molar-refractivity contribution < 1.29 is 4.79 Å². The van der Waals surface area contributed by atoms with Crippen molar-refractivity contribution in [3.05, 3.63) is 35.9 Å². The van der Waals surface area contributed by atoms with Crippen LogP contribution in [0.5, 0.6) is 0 Å². The normalized spacial score (nSPS) is 19.5. The van der Waals surface area contributed by atoms with Gasteiger partial charge in [0.05, 0.1) is 0 Å². The molecule has 6 nitrogen and oxygen atoms in total. The zero-order chi connectivity index (χ0) is 17.8. The van der Waals surface area contributed by atoms with Crippen LogP contribution in [0.25, 0.3) is 0 Å². The maximum atomic E-state index is 12.2. The van der Waals surface area contributed by atoms with Gasteiger partial charge in [-0.3, -0.25) is 10.1 Å². The lowest BCUT2D eigenvalue weighted by atomic mass is 10.0. The van der Waals surface area contributed by atoms with E-state index in [1.54, 1.807) is 12.1 Å². The Kier molecular flexibility index (Phi) is 5.45. The van der Waals surface area contributed by atoms with Crippen molar-refractivity contribution in [2.24, 2.45) is 0 Å². The van der Waals surface area contributed by atoms with Gasteiger partial charge in [-0.1, -0.05) is 36.0 Å². The molecule has 4 rings (SSSR count). The summed E-state index contributed by atoms with van der Waals surface area (Å²) in [5.74, 6) is -0.142. The molecule has 138 valence electrons. The lowest BCUT2D eigenvalue weighted by Crippen LogP contribution is -2.46. The van der Waals surface area contributed by atoms with Crippen LogP contribution in [-0.4, -0.2) is 53.2 Å². The molecule has 2 fully saturated rings. The van der Waals surface area contributed by atoms with E-state index in [-0.39, 0.29) is 5.91 Å². The minimum Gasteiger partial charge on any atom is -0.346 e. The van der Waals surface area contributed by atoms with Crippen molar-refractivity contribution in [1.82, 2.24) is 15.1 Å². The lowest BCUT2D eigenvalue weighted by molar-refractivity contribution is 0.102. The molecule has 2 aliphatic heterocycles. The number of hydrogen-bond donors (Lipinski definition) is 1. The minimum atomic E-state index is -0.142. The van der Waals surface area contributed by atoms with Crippen LogP contribution in [0.2, 0.25) is 0 Å². The number of nitrogens with one attached hydrogen (secondary N) is 1. The molecule has 0 radical (unpaired) electrons. The van der Waals surface area contributed by atoms with E-state index in [1.807, 2.05) is 18.2 Å². The number of piperidine rings is 2. The maximum absolute atomic E-state index is 12.2. The second-order valence-electron chi connectivity index (χ2n) is 7.02. The highest BCUT2D eigenvalue weighted by molar-refractivity contribution is 7.19. The molecule has 1 amide bonds. The van der Waals surface area contributed by atoms with Gasteiger partial charge in [-0.25, -0.2) is 0 Å². The van der Waals surface area contributed by atoms with Crippen molar-refractivity contribution in [3.63, 3.8) is 0 Å². The minimum absolute atomic E-state index is 0.142. The largest absolute Gasteiger partial charge is 0.346 e. The molecule has 0 unspecified atom stereocenters. The number of carbonyl (C=O) groups is 1. The molecule has 2 aromatic rings. The zero-order valence-electron chi connectivity index (χ0n) is 14.9. The fourth-order valence-corrected chi connectivity index (χ4v) is 4.65. The molecule has 0 spiro atoms. The van der Waals surface area contributed by atoms with Gasteiger partial charge in [0.15, 0.2) is 0 Å². The first-order chi connectivity index (χ1) is 12.8. The summed E-state index contributed by atoms with van der Waals surface area (Å²) in [6.07, 6.45) is 6.45. The third kappa shape index (κ3) is 4.04. The Morgan fingerprint density at radius 3 is 2.46 bits per heavy atom. The molecule has 2 aliphatic rings. The van der Waals surface area contributed by atoms with E-state index in [2.05, 4.69) is 25.3 Å². The smallest absolute Gasteiger partial charge is 0.257 e. The number of benzene rings is 1. The number of carbonyl (C=O) groups excluding carboxylic acids is 1. The number of likely N-dealkylation sites (tertiary alicyclic amines) is 1. The van der Waals surface area contributed by atoms with E-state index in [1.165, 1.54) is 56.5 Å². The number of amides is 1. The molecule has 3 heterocycles. The highest BCUT2D eigenvalue weighted by Gasteiger charge is 2.27. The fourth-order valence-electron chi connectivity index (χ4n) is 3.86. The number of aromatic nitrogens is 2.